The lowest BCUT2D eigenvalue weighted by molar-refractivity contribution is -0.0414. The van der Waals surface area contributed by atoms with Crippen LogP contribution in [0.2, 0.25) is 0 Å². The molecule has 15 heavy (non-hydrogen) atoms. The van der Waals surface area contributed by atoms with E-state index in [1.54, 1.807) is 6.08 Å². The summed E-state index contributed by atoms with van der Waals surface area (Å²) in [5, 5.41) is 0. The van der Waals surface area contributed by atoms with Gasteiger partial charge in [-0.2, -0.15) is 0 Å². The van der Waals surface area contributed by atoms with Crippen molar-refractivity contribution in [1.29, 1.82) is 0 Å². The van der Waals surface area contributed by atoms with Crippen LogP contribution in [0.4, 0.5) is 4.39 Å². The van der Waals surface area contributed by atoms with E-state index in [1.165, 1.54) is 0 Å². The summed E-state index contributed by atoms with van der Waals surface area (Å²) in [6, 6.07) is 0.374. The number of halogens is 2. The highest BCUT2D eigenvalue weighted by atomic mass is 35.5. The van der Waals surface area contributed by atoms with Crippen molar-refractivity contribution in [1.82, 2.24) is 4.90 Å². The van der Waals surface area contributed by atoms with Crippen molar-refractivity contribution in [2.75, 3.05) is 19.5 Å². The largest absolute Gasteiger partial charge is 0.359 e. The van der Waals surface area contributed by atoms with E-state index in [-0.39, 0.29) is 17.4 Å². The zero-order chi connectivity index (χ0) is 11.5. The average molecular weight is 236 g/mol. The van der Waals surface area contributed by atoms with Crippen molar-refractivity contribution in [2.24, 2.45) is 0 Å². The third kappa shape index (κ3) is 3.44. The van der Waals surface area contributed by atoms with E-state index in [1.807, 2.05) is 20.9 Å². The summed E-state index contributed by atoms with van der Waals surface area (Å²) >= 11 is 5.34. The number of alkyl halides is 1. The fraction of sp³-hybridized carbons (Fsp3) is 0.818. The summed E-state index contributed by atoms with van der Waals surface area (Å²) in [6.45, 7) is 4.81. The Morgan fingerprint density at radius 1 is 1.67 bits per heavy atom. The number of rotatable bonds is 4. The minimum absolute atomic E-state index is 0.0253. The highest BCUT2D eigenvalue weighted by molar-refractivity contribution is 6.19. The second-order valence-electron chi connectivity index (χ2n) is 4.38. The summed E-state index contributed by atoms with van der Waals surface area (Å²) in [5.74, 6) is -0.264. The summed E-state index contributed by atoms with van der Waals surface area (Å²) in [7, 11) is 2.04. The number of ether oxygens (including phenoxy) is 1. The Balaban J connectivity index is 2.35. The van der Waals surface area contributed by atoms with Gasteiger partial charge in [0.2, 0.25) is 0 Å². The summed E-state index contributed by atoms with van der Waals surface area (Å²) in [4.78, 5) is 2.19. The molecule has 1 heterocycles. The van der Waals surface area contributed by atoms with Crippen LogP contribution in [-0.4, -0.2) is 36.2 Å². The molecule has 0 radical (unpaired) electrons. The standard InChI is InChI=1S/C11H19ClFNO/c1-11(2)14(3)10(8-15-11)6-4-5-9(13)7-12/h5,10H,4,6-8H2,1-3H3/b9-5-. The number of likely N-dealkylation sites (N-methyl/N-ethyl adjacent to an activating group) is 1. The van der Waals surface area contributed by atoms with Crippen molar-refractivity contribution >= 4 is 11.6 Å². The van der Waals surface area contributed by atoms with Crippen LogP contribution in [0.5, 0.6) is 0 Å². The SMILES string of the molecule is CN1C(CC/C=C(\F)CCl)COC1(C)C. The van der Waals surface area contributed by atoms with Crippen molar-refractivity contribution in [3.05, 3.63) is 11.9 Å². The van der Waals surface area contributed by atoms with Gasteiger partial charge in [0.05, 0.1) is 12.5 Å². The molecule has 0 aliphatic carbocycles. The quantitative estimate of drug-likeness (QED) is 0.695. The summed E-state index contributed by atoms with van der Waals surface area (Å²) < 4.78 is 18.4. The second kappa shape index (κ2) is 5.28. The monoisotopic (exact) mass is 235 g/mol. The predicted molar refractivity (Wildman–Crippen MR) is 60.7 cm³/mol. The first-order chi connectivity index (χ1) is 6.97. The van der Waals surface area contributed by atoms with Crippen LogP contribution in [0.15, 0.2) is 11.9 Å². The molecule has 0 bridgehead atoms. The molecule has 1 aliphatic rings. The van der Waals surface area contributed by atoms with Crippen LogP contribution < -0.4 is 0 Å². The van der Waals surface area contributed by atoms with Gasteiger partial charge in [-0.05, 0) is 33.7 Å². The Morgan fingerprint density at radius 3 is 2.80 bits per heavy atom. The molecule has 1 saturated heterocycles. The van der Waals surface area contributed by atoms with Gasteiger partial charge < -0.3 is 4.74 Å². The maximum absolute atomic E-state index is 12.7. The maximum Gasteiger partial charge on any atom is 0.116 e. The van der Waals surface area contributed by atoms with Crippen molar-refractivity contribution in [3.63, 3.8) is 0 Å². The predicted octanol–water partition coefficient (Wildman–Crippen LogP) is 2.93. The molecule has 0 saturated carbocycles. The molecule has 1 atom stereocenters. The Bertz CT molecular complexity index is 243. The lowest BCUT2D eigenvalue weighted by Crippen LogP contribution is -2.40. The van der Waals surface area contributed by atoms with E-state index in [2.05, 4.69) is 4.90 Å². The van der Waals surface area contributed by atoms with Crippen LogP contribution in [0.1, 0.15) is 26.7 Å². The van der Waals surface area contributed by atoms with Gasteiger partial charge in [-0.25, -0.2) is 4.39 Å². The number of hydrogen-bond donors (Lipinski definition) is 0. The highest BCUT2D eigenvalue weighted by Crippen LogP contribution is 2.27. The molecule has 0 aromatic heterocycles. The molecule has 0 N–H and O–H groups in total. The topological polar surface area (TPSA) is 12.5 Å². The number of hydrogen-bond acceptors (Lipinski definition) is 2. The molecule has 0 aromatic carbocycles. The lowest BCUT2D eigenvalue weighted by atomic mass is 10.1. The molecular weight excluding hydrogens is 217 g/mol. The Labute approximate surface area is 96.0 Å². The molecule has 1 unspecified atom stereocenters. The average Bonchev–Trinajstić information content (AvgIpc) is 2.44. The fourth-order valence-electron chi connectivity index (χ4n) is 1.72. The first kappa shape index (κ1) is 12.9. The lowest BCUT2D eigenvalue weighted by Gasteiger charge is -2.29. The molecule has 1 rings (SSSR count). The Kier molecular flexibility index (Phi) is 4.56. The van der Waals surface area contributed by atoms with E-state index in [4.69, 9.17) is 16.3 Å². The van der Waals surface area contributed by atoms with Crippen molar-refractivity contribution in [3.8, 4) is 0 Å². The molecule has 4 heteroatoms. The fourth-order valence-corrected chi connectivity index (χ4v) is 1.83. The van der Waals surface area contributed by atoms with Crippen molar-refractivity contribution < 1.29 is 9.13 Å². The van der Waals surface area contributed by atoms with Gasteiger partial charge in [-0.1, -0.05) is 6.08 Å². The van der Waals surface area contributed by atoms with Gasteiger partial charge in [0.15, 0.2) is 0 Å². The first-order valence-corrected chi connectivity index (χ1v) is 5.78. The van der Waals surface area contributed by atoms with E-state index in [9.17, 15) is 4.39 Å². The van der Waals surface area contributed by atoms with E-state index in [0.717, 1.165) is 13.0 Å². The first-order valence-electron chi connectivity index (χ1n) is 5.25. The third-order valence-corrected chi connectivity index (χ3v) is 3.27. The minimum Gasteiger partial charge on any atom is -0.359 e. The van der Waals surface area contributed by atoms with Crippen LogP contribution in [-0.2, 0) is 4.74 Å². The van der Waals surface area contributed by atoms with Gasteiger partial charge in [0.1, 0.15) is 11.6 Å². The smallest absolute Gasteiger partial charge is 0.116 e. The maximum atomic E-state index is 12.7. The molecule has 0 aromatic rings. The Morgan fingerprint density at radius 2 is 2.33 bits per heavy atom. The molecule has 88 valence electrons. The van der Waals surface area contributed by atoms with Crippen molar-refractivity contribution in [2.45, 2.75) is 38.5 Å². The van der Waals surface area contributed by atoms with Crippen LogP contribution in [0, 0.1) is 0 Å². The van der Waals surface area contributed by atoms with E-state index >= 15 is 0 Å². The Hall–Kier alpha value is -0.120. The van der Waals surface area contributed by atoms with E-state index in [0.29, 0.717) is 12.5 Å². The summed E-state index contributed by atoms with van der Waals surface area (Å²) in [5.41, 5.74) is -0.195. The zero-order valence-corrected chi connectivity index (χ0v) is 10.4. The molecular formula is C11H19ClFNO. The van der Waals surface area contributed by atoms with Crippen LogP contribution in [0.3, 0.4) is 0 Å². The molecule has 1 fully saturated rings. The van der Waals surface area contributed by atoms with Gasteiger partial charge in [-0.15, -0.1) is 11.6 Å². The molecule has 1 aliphatic heterocycles. The molecule has 0 amide bonds. The normalized spacial score (nSPS) is 27.3. The van der Waals surface area contributed by atoms with Gasteiger partial charge in [-0.3, -0.25) is 4.90 Å². The number of allylic oxidation sites excluding steroid dienone is 2. The van der Waals surface area contributed by atoms with Gasteiger partial charge >= 0.3 is 0 Å². The second-order valence-corrected chi connectivity index (χ2v) is 4.65. The minimum atomic E-state index is -0.238. The van der Waals surface area contributed by atoms with Gasteiger partial charge in [0.25, 0.3) is 0 Å². The van der Waals surface area contributed by atoms with Gasteiger partial charge in [0, 0.05) is 6.04 Å². The molecule has 2 nitrogen and oxygen atoms in total. The molecule has 0 spiro atoms. The number of nitrogens with zero attached hydrogens (tertiary/aromatic N) is 1. The zero-order valence-electron chi connectivity index (χ0n) is 9.59. The third-order valence-electron chi connectivity index (χ3n) is 3.02. The van der Waals surface area contributed by atoms with Crippen LogP contribution >= 0.6 is 11.6 Å². The van der Waals surface area contributed by atoms with Crippen LogP contribution in [0.25, 0.3) is 0 Å². The summed E-state index contributed by atoms with van der Waals surface area (Å²) in [6.07, 6.45) is 3.18. The highest BCUT2D eigenvalue weighted by Gasteiger charge is 2.36. The van der Waals surface area contributed by atoms with E-state index < -0.39 is 0 Å².